The third-order valence-electron chi connectivity index (χ3n) is 2.97. The molecule has 0 amide bonds. The molecule has 1 atom stereocenters. The predicted molar refractivity (Wildman–Crippen MR) is 75.5 cm³/mol. The third kappa shape index (κ3) is 3.25. The Bertz CT molecular complexity index is 718. The van der Waals surface area contributed by atoms with Crippen LogP contribution in [0.3, 0.4) is 0 Å². The highest BCUT2D eigenvalue weighted by atomic mass is 16.5. The van der Waals surface area contributed by atoms with E-state index in [9.17, 15) is 15.0 Å². The fraction of sp³-hybridized carbons (Fsp3) is 0.308. The quantitative estimate of drug-likeness (QED) is 0.427. The van der Waals surface area contributed by atoms with Crippen LogP contribution in [0.25, 0.3) is 21.3 Å². The van der Waals surface area contributed by atoms with Crippen molar-refractivity contribution in [2.45, 2.75) is 13.0 Å². The normalized spacial score (nSPS) is 11.9. The van der Waals surface area contributed by atoms with Gasteiger partial charge < -0.3 is 19.9 Å². The molecule has 21 heavy (non-hydrogen) atoms. The van der Waals surface area contributed by atoms with E-state index >= 15 is 0 Å². The number of aliphatic hydroxyl groups excluding tert-OH is 1. The van der Waals surface area contributed by atoms with Crippen molar-refractivity contribution in [3.63, 3.8) is 0 Å². The number of aliphatic hydroxyl groups is 1. The zero-order chi connectivity index (χ0) is 15.4. The van der Waals surface area contributed by atoms with Crippen LogP contribution in [-0.2, 0) is 0 Å². The Labute approximate surface area is 119 Å². The molecule has 0 aliphatic heterocycles. The number of nitrogens with zero attached hydrogens (tertiary/aromatic N) is 3. The van der Waals surface area contributed by atoms with Crippen molar-refractivity contribution in [1.82, 2.24) is 4.98 Å². The molecule has 0 saturated heterocycles. The summed E-state index contributed by atoms with van der Waals surface area (Å²) in [6, 6.07) is 4.98. The minimum atomic E-state index is -1.01. The van der Waals surface area contributed by atoms with E-state index in [2.05, 4.69) is 15.0 Å². The van der Waals surface area contributed by atoms with E-state index in [1.165, 1.54) is 0 Å². The van der Waals surface area contributed by atoms with Crippen LogP contribution < -0.4 is 4.74 Å². The summed E-state index contributed by atoms with van der Waals surface area (Å²) in [4.78, 5) is 16.8. The first kappa shape index (κ1) is 14.7. The number of ether oxygens (including phenoxy) is 1. The van der Waals surface area contributed by atoms with Crippen LogP contribution >= 0.6 is 0 Å². The van der Waals surface area contributed by atoms with Gasteiger partial charge in [0.2, 0.25) is 0 Å². The molecule has 1 aromatic heterocycles. The van der Waals surface area contributed by atoms with Crippen molar-refractivity contribution in [3.8, 4) is 5.75 Å². The lowest BCUT2D eigenvalue weighted by Gasteiger charge is -2.10. The molecule has 110 valence electrons. The van der Waals surface area contributed by atoms with Crippen molar-refractivity contribution in [2.24, 2.45) is 5.11 Å². The summed E-state index contributed by atoms with van der Waals surface area (Å²) >= 11 is 0. The molecule has 0 saturated carbocycles. The molecule has 1 aromatic carbocycles. The van der Waals surface area contributed by atoms with E-state index in [1.807, 2.05) is 0 Å². The minimum Gasteiger partial charge on any atom is -0.491 e. The number of carboxylic acid groups (broad SMARTS) is 1. The molecule has 3 N–H and O–H groups in total. The van der Waals surface area contributed by atoms with Crippen molar-refractivity contribution >= 4 is 16.9 Å². The third-order valence-corrected chi connectivity index (χ3v) is 2.97. The highest BCUT2D eigenvalue weighted by molar-refractivity contribution is 6.05. The van der Waals surface area contributed by atoms with Crippen LogP contribution in [0.5, 0.6) is 5.75 Å². The summed E-state index contributed by atoms with van der Waals surface area (Å²) < 4.78 is 5.38. The number of carboxylic acids is 1. The molecule has 0 bridgehead atoms. The van der Waals surface area contributed by atoms with Crippen LogP contribution in [0.15, 0.2) is 23.3 Å². The molecule has 0 aliphatic rings. The number of carbonyl (C=O) groups is 1. The van der Waals surface area contributed by atoms with Crippen molar-refractivity contribution < 1.29 is 19.7 Å². The summed E-state index contributed by atoms with van der Waals surface area (Å²) in [5.41, 5.74) is 9.62. The van der Waals surface area contributed by atoms with E-state index in [1.54, 1.807) is 25.1 Å². The van der Waals surface area contributed by atoms with Crippen LogP contribution in [0.4, 0.5) is 0 Å². The van der Waals surface area contributed by atoms with E-state index < -0.39 is 12.1 Å². The number of hydrogen-bond acceptors (Lipinski definition) is 4. The number of rotatable bonds is 6. The van der Waals surface area contributed by atoms with Gasteiger partial charge in [-0.25, -0.2) is 4.79 Å². The lowest BCUT2D eigenvalue weighted by atomic mass is 10.1. The maximum atomic E-state index is 11.2. The first-order valence-corrected chi connectivity index (χ1v) is 6.20. The van der Waals surface area contributed by atoms with Crippen LogP contribution in [0.2, 0.25) is 0 Å². The molecular weight excluding hydrogens is 276 g/mol. The van der Waals surface area contributed by atoms with Crippen LogP contribution in [0.1, 0.15) is 16.1 Å². The molecule has 0 radical (unpaired) electrons. The van der Waals surface area contributed by atoms with Crippen LogP contribution in [0, 0.1) is 6.92 Å². The molecule has 0 aliphatic carbocycles. The SMILES string of the molecule is Cc1[nH]c2ccc(OC[C@@H](O)CN=[N+]=[N-])cc2c1C(=O)O. The second-order valence-electron chi connectivity index (χ2n) is 4.52. The van der Waals surface area contributed by atoms with E-state index in [-0.39, 0.29) is 18.7 Å². The zero-order valence-electron chi connectivity index (χ0n) is 11.3. The average Bonchev–Trinajstić information content (AvgIpc) is 2.77. The molecular formula is C13H14N4O4. The number of aromatic carboxylic acids is 1. The Morgan fingerprint density at radius 1 is 1.57 bits per heavy atom. The predicted octanol–water partition coefficient (Wildman–Crippen LogP) is 2.22. The first-order chi connectivity index (χ1) is 10.0. The molecule has 2 aromatic rings. The fourth-order valence-corrected chi connectivity index (χ4v) is 2.05. The van der Waals surface area contributed by atoms with Gasteiger partial charge in [0, 0.05) is 21.5 Å². The number of nitrogens with one attached hydrogen (secondary N) is 1. The van der Waals surface area contributed by atoms with Gasteiger partial charge in [-0.05, 0) is 30.7 Å². The van der Waals surface area contributed by atoms with Gasteiger partial charge in [-0.1, -0.05) is 5.11 Å². The number of aryl methyl sites for hydroxylation is 1. The number of azide groups is 1. The van der Waals surface area contributed by atoms with Crippen molar-refractivity contribution in [2.75, 3.05) is 13.2 Å². The Balaban J connectivity index is 2.20. The second-order valence-corrected chi connectivity index (χ2v) is 4.52. The second kappa shape index (κ2) is 6.17. The molecule has 8 heteroatoms. The van der Waals surface area contributed by atoms with Gasteiger partial charge in [-0.2, -0.15) is 0 Å². The number of fused-ring (bicyclic) bond motifs is 1. The highest BCUT2D eigenvalue weighted by Crippen LogP contribution is 2.26. The van der Waals surface area contributed by atoms with E-state index in [4.69, 9.17) is 10.3 Å². The molecule has 8 nitrogen and oxygen atoms in total. The topological polar surface area (TPSA) is 131 Å². The Morgan fingerprint density at radius 2 is 2.33 bits per heavy atom. The first-order valence-electron chi connectivity index (χ1n) is 6.20. The van der Waals surface area contributed by atoms with Crippen molar-refractivity contribution in [3.05, 3.63) is 39.9 Å². The molecule has 0 spiro atoms. The van der Waals surface area contributed by atoms with E-state index in [0.717, 1.165) is 0 Å². The summed E-state index contributed by atoms with van der Waals surface area (Å²) in [7, 11) is 0. The molecule has 1 heterocycles. The summed E-state index contributed by atoms with van der Waals surface area (Å²) in [6.45, 7) is 1.56. The maximum Gasteiger partial charge on any atom is 0.338 e. The smallest absolute Gasteiger partial charge is 0.338 e. The fourth-order valence-electron chi connectivity index (χ4n) is 2.05. The minimum absolute atomic E-state index is 0.0453. The maximum absolute atomic E-state index is 11.2. The lowest BCUT2D eigenvalue weighted by Crippen LogP contribution is -2.20. The largest absolute Gasteiger partial charge is 0.491 e. The zero-order valence-corrected chi connectivity index (χ0v) is 11.3. The number of aromatic nitrogens is 1. The molecule has 0 fully saturated rings. The Morgan fingerprint density at radius 3 is 3.00 bits per heavy atom. The van der Waals surface area contributed by atoms with E-state index in [0.29, 0.717) is 22.3 Å². The monoisotopic (exact) mass is 290 g/mol. The van der Waals surface area contributed by atoms with Crippen LogP contribution in [-0.4, -0.2) is 40.4 Å². The summed E-state index contributed by atoms with van der Waals surface area (Å²) in [6.07, 6.45) is -0.913. The van der Waals surface area contributed by atoms with Gasteiger partial charge in [0.1, 0.15) is 12.4 Å². The van der Waals surface area contributed by atoms with Gasteiger partial charge in [-0.15, -0.1) is 0 Å². The van der Waals surface area contributed by atoms with Gasteiger partial charge >= 0.3 is 5.97 Å². The van der Waals surface area contributed by atoms with Gasteiger partial charge in [0.15, 0.2) is 0 Å². The molecule has 0 unspecified atom stereocenters. The average molecular weight is 290 g/mol. The highest BCUT2D eigenvalue weighted by Gasteiger charge is 2.15. The molecule has 2 rings (SSSR count). The number of benzene rings is 1. The Kier molecular flexibility index (Phi) is 4.32. The number of hydrogen-bond donors (Lipinski definition) is 3. The summed E-state index contributed by atoms with van der Waals surface area (Å²) in [5.74, 6) is -0.580. The summed E-state index contributed by atoms with van der Waals surface area (Å²) in [5, 5.41) is 22.5. The standard InChI is InChI=1S/C13H14N4O4/c1-7-12(13(19)20)10-4-9(2-3-11(10)16-7)21-6-8(18)5-15-17-14/h2-4,8,16,18H,5-6H2,1H3,(H,19,20)/t8-/m0/s1. The Hall–Kier alpha value is -2.70. The van der Waals surface area contributed by atoms with Gasteiger partial charge in [0.05, 0.1) is 18.2 Å². The number of H-pyrrole nitrogens is 1. The van der Waals surface area contributed by atoms with Gasteiger partial charge in [-0.3, -0.25) is 0 Å². The lowest BCUT2D eigenvalue weighted by molar-refractivity contribution is 0.0698. The van der Waals surface area contributed by atoms with Gasteiger partial charge in [0.25, 0.3) is 0 Å². The van der Waals surface area contributed by atoms with Crippen molar-refractivity contribution in [1.29, 1.82) is 0 Å². The number of aromatic amines is 1.